The Balaban J connectivity index is 0.000000583. The summed E-state index contributed by atoms with van der Waals surface area (Å²) in [6, 6.07) is 10.1. The first-order chi connectivity index (χ1) is 7.02. The number of hydrogen-bond donors (Lipinski definition) is 2. The van der Waals surface area contributed by atoms with E-state index in [1.54, 1.807) is 0 Å². The van der Waals surface area contributed by atoms with Crippen LogP contribution in [0.25, 0.3) is 0 Å². The molecule has 82 valence electrons. The highest BCUT2D eigenvalue weighted by Gasteiger charge is 2.02. The number of nitrogens with one attached hydrogen (secondary N) is 2. The van der Waals surface area contributed by atoms with Crippen LogP contribution in [0.1, 0.15) is 50.7 Å². The zero-order valence-corrected chi connectivity index (χ0v) is 9.96. The van der Waals surface area contributed by atoms with E-state index in [2.05, 4.69) is 52.0 Å². The largest absolute Gasteiger partial charge is 0.242 e. The van der Waals surface area contributed by atoms with E-state index >= 15 is 0 Å². The fourth-order valence-corrected chi connectivity index (χ4v) is 1.28. The fraction of sp³-hybridized carbons (Fsp3) is 0.462. The van der Waals surface area contributed by atoms with Crippen LogP contribution in [0, 0.1) is 10.8 Å². The highest BCUT2D eigenvalue weighted by atomic mass is 14.4. The second kappa shape index (κ2) is 6.97. The molecule has 0 spiro atoms. The van der Waals surface area contributed by atoms with Crippen LogP contribution in [0.15, 0.2) is 24.3 Å². The fourth-order valence-electron chi connectivity index (χ4n) is 1.28. The van der Waals surface area contributed by atoms with Gasteiger partial charge in [0.15, 0.2) is 0 Å². The lowest BCUT2D eigenvalue weighted by atomic mass is 9.96. The third kappa shape index (κ3) is 5.14. The molecule has 0 aliphatic carbocycles. The Morgan fingerprint density at radius 2 is 1.27 bits per heavy atom. The molecule has 0 radical (unpaired) electrons. The third-order valence-electron chi connectivity index (χ3n) is 2.24. The van der Waals surface area contributed by atoms with Gasteiger partial charge in [-0.3, -0.25) is 0 Å². The van der Waals surface area contributed by atoms with Gasteiger partial charge < -0.3 is 0 Å². The van der Waals surface area contributed by atoms with Crippen LogP contribution in [-0.2, 0) is 0 Å². The van der Waals surface area contributed by atoms with Gasteiger partial charge >= 0.3 is 0 Å². The van der Waals surface area contributed by atoms with E-state index in [0.717, 1.165) is 0 Å². The predicted octanol–water partition coefficient (Wildman–Crippen LogP) is 4.25. The van der Waals surface area contributed by atoms with Crippen molar-refractivity contribution in [3.05, 3.63) is 35.4 Å². The van der Waals surface area contributed by atoms with Gasteiger partial charge in [-0.2, -0.15) is 0 Å². The molecule has 2 nitrogen and oxygen atoms in total. The van der Waals surface area contributed by atoms with Crippen molar-refractivity contribution in [3.63, 3.8) is 0 Å². The topological polar surface area (TPSA) is 47.7 Å². The standard InChI is InChI=1S/C12H18.CH2N2/c1-9(2)11-6-5-7-12(8-11)10(3)4;2-1-3/h5-10H,1-4H3;2-3H. The summed E-state index contributed by atoms with van der Waals surface area (Å²) in [6.07, 6.45) is 0. The molecule has 0 atom stereocenters. The Morgan fingerprint density at radius 1 is 0.933 bits per heavy atom. The molecule has 15 heavy (non-hydrogen) atoms. The third-order valence-corrected chi connectivity index (χ3v) is 2.24. The maximum atomic E-state index is 5.62. The quantitative estimate of drug-likeness (QED) is 0.676. The maximum absolute atomic E-state index is 5.62. The molecule has 0 amide bonds. The molecular formula is C13H20N2. The lowest BCUT2D eigenvalue weighted by Gasteiger charge is -2.09. The van der Waals surface area contributed by atoms with Gasteiger partial charge in [-0.25, -0.2) is 10.8 Å². The molecule has 0 aliphatic rings. The van der Waals surface area contributed by atoms with Crippen LogP contribution in [0.4, 0.5) is 0 Å². The molecule has 0 aliphatic heterocycles. The molecular weight excluding hydrogens is 184 g/mol. The van der Waals surface area contributed by atoms with Crippen molar-refractivity contribution < 1.29 is 0 Å². The van der Waals surface area contributed by atoms with Gasteiger partial charge in [-0.05, 0) is 23.0 Å². The van der Waals surface area contributed by atoms with Crippen molar-refractivity contribution in [2.45, 2.75) is 39.5 Å². The van der Waals surface area contributed by atoms with Gasteiger partial charge in [-0.1, -0.05) is 52.0 Å². The number of hydrogen-bond acceptors (Lipinski definition) is 2. The molecule has 1 aromatic rings. The summed E-state index contributed by atoms with van der Waals surface area (Å²) < 4.78 is 0. The minimum atomic E-state index is 0.642. The van der Waals surface area contributed by atoms with Gasteiger partial charge in [0, 0.05) is 0 Å². The predicted molar refractivity (Wildman–Crippen MR) is 65.1 cm³/mol. The average molecular weight is 204 g/mol. The molecule has 2 heteroatoms. The van der Waals surface area contributed by atoms with E-state index in [1.165, 1.54) is 17.1 Å². The average Bonchev–Trinajstić information content (AvgIpc) is 2.19. The summed E-state index contributed by atoms with van der Waals surface area (Å²) in [4.78, 5) is 0. The highest BCUT2D eigenvalue weighted by Crippen LogP contribution is 2.20. The van der Waals surface area contributed by atoms with E-state index in [1.807, 2.05) is 0 Å². The van der Waals surface area contributed by atoms with Crippen LogP contribution in [-0.4, -0.2) is 6.01 Å². The first kappa shape index (κ1) is 13.6. The molecule has 1 aromatic carbocycles. The van der Waals surface area contributed by atoms with E-state index < -0.39 is 0 Å². The van der Waals surface area contributed by atoms with Crippen molar-refractivity contribution in [1.29, 1.82) is 10.8 Å². The Labute approximate surface area is 92.4 Å². The van der Waals surface area contributed by atoms with Crippen LogP contribution >= 0.6 is 0 Å². The SMILES string of the molecule is CC(C)c1cccc(C(C)C)c1.N=C=N. The highest BCUT2D eigenvalue weighted by molar-refractivity contribution is 5.29. The Hall–Kier alpha value is -1.40. The van der Waals surface area contributed by atoms with Crippen LogP contribution in [0.3, 0.4) is 0 Å². The smallest absolute Gasteiger partial charge is 0.0831 e. The number of rotatable bonds is 2. The monoisotopic (exact) mass is 204 g/mol. The van der Waals surface area contributed by atoms with E-state index in [-0.39, 0.29) is 0 Å². The van der Waals surface area contributed by atoms with Gasteiger partial charge in [0.1, 0.15) is 0 Å². The molecule has 2 N–H and O–H groups in total. The van der Waals surface area contributed by atoms with Crippen LogP contribution in [0.2, 0.25) is 0 Å². The molecule has 0 heterocycles. The summed E-state index contributed by atoms with van der Waals surface area (Å²) in [7, 11) is 0. The Kier molecular flexibility index (Phi) is 6.32. The van der Waals surface area contributed by atoms with Gasteiger partial charge in [0.25, 0.3) is 0 Å². The van der Waals surface area contributed by atoms with Crippen molar-refractivity contribution >= 4 is 6.01 Å². The van der Waals surface area contributed by atoms with Crippen molar-refractivity contribution in [2.24, 2.45) is 0 Å². The first-order valence-corrected chi connectivity index (χ1v) is 5.21. The molecule has 0 saturated carbocycles. The normalized spacial score (nSPS) is 9.47. The zero-order valence-electron chi connectivity index (χ0n) is 9.96. The van der Waals surface area contributed by atoms with Gasteiger partial charge in [0.2, 0.25) is 0 Å². The summed E-state index contributed by atoms with van der Waals surface area (Å²) in [5, 5.41) is 11.2. The lowest BCUT2D eigenvalue weighted by molar-refractivity contribution is 0.834. The molecule has 0 saturated heterocycles. The zero-order chi connectivity index (χ0) is 11.8. The summed E-state index contributed by atoms with van der Waals surface area (Å²) in [5.41, 5.74) is 2.89. The van der Waals surface area contributed by atoms with E-state index in [9.17, 15) is 0 Å². The second-order valence-corrected chi connectivity index (χ2v) is 4.10. The summed E-state index contributed by atoms with van der Waals surface area (Å²) in [6.45, 7) is 8.94. The maximum Gasteiger partial charge on any atom is 0.0831 e. The van der Waals surface area contributed by atoms with E-state index in [4.69, 9.17) is 10.8 Å². The molecule has 0 fully saturated rings. The number of benzene rings is 1. The Bertz CT molecular complexity index is 298. The molecule has 0 bridgehead atoms. The van der Waals surface area contributed by atoms with Crippen molar-refractivity contribution in [1.82, 2.24) is 0 Å². The molecule has 1 rings (SSSR count). The van der Waals surface area contributed by atoms with Crippen LogP contribution in [0.5, 0.6) is 0 Å². The summed E-state index contributed by atoms with van der Waals surface area (Å²) in [5.74, 6) is 1.28. The van der Waals surface area contributed by atoms with Gasteiger partial charge in [-0.15, -0.1) is 0 Å². The molecule has 0 unspecified atom stereocenters. The lowest BCUT2D eigenvalue weighted by Crippen LogP contribution is -1.91. The second-order valence-electron chi connectivity index (χ2n) is 4.10. The minimum Gasteiger partial charge on any atom is -0.242 e. The van der Waals surface area contributed by atoms with E-state index in [0.29, 0.717) is 11.8 Å². The summed E-state index contributed by atoms with van der Waals surface area (Å²) >= 11 is 0. The molecule has 0 aromatic heterocycles. The van der Waals surface area contributed by atoms with Gasteiger partial charge in [0.05, 0.1) is 6.01 Å². The van der Waals surface area contributed by atoms with Crippen molar-refractivity contribution in [3.8, 4) is 0 Å². The van der Waals surface area contributed by atoms with Crippen molar-refractivity contribution in [2.75, 3.05) is 0 Å². The Morgan fingerprint density at radius 3 is 1.53 bits per heavy atom. The van der Waals surface area contributed by atoms with Crippen LogP contribution < -0.4 is 0 Å². The first-order valence-electron chi connectivity index (χ1n) is 5.21. The minimum absolute atomic E-state index is 0.642.